The lowest BCUT2D eigenvalue weighted by atomic mass is 9.95. The number of amides is 1. The molecule has 1 atom stereocenters. The molecule has 0 bridgehead atoms. The fourth-order valence-electron chi connectivity index (χ4n) is 3.53. The molecule has 1 aliphatic heterocycles. The molecule has 1 aromatic heterocycles. The van der Waals surface area contributed by atoms with Gasteiger partial charge in [0.1, 0.15) is 11.5 Å². The number of nitro groups is 1. The van der Waals surface area contributed by atoms with Gasteiger partial charge >= 0.3 is 0 Å². The number of furan rings is 1. The Hall–Kier alpha value is -3.91. The van der Waals surface area contributed by atoms with Crippen LogP contribution in [0.5, 0.6) is 0 Å². The number of aliphatic hydroxyl groups is 1. The monoisotopic (exact) mass is 438 g/mol. The van der Waals surface area contributed by atoms with Gasteiger partial charge in [0.05, 0.1) is 29.3 Å². The van der Waals surface area contributed by atoms with Crippen LogP contribution >= 0.6 is 11.6 Å². The highest BCUT2D eigenvalue weighted by Crippen LogP contribution is 2.40. The molecule has 31 heavy (non-hydrogen) atoms. The highest BCUT2D eigenvalue weighted by Gasteiger charge is 2.46. The molecule has 1 N–H and O–H groups in total. The Balaban J connectivity index is 1.87. The maximum atomic E-state index is 12.9. The van der Waals surface area contributed by atoms with Gasteiger partial charge in [-0.2, -0.15) is 0 Å². The molecule has 0 saturated carbocycles. The van der Waals surface area contributed by atoms with Crippen LogP contribution < -0.4 is 0 Å². The number of rotatable bonds is 5. The van der Waals surface area contributed by atoms with Crippen molar-refractivity contribution in [2.24, 2.45) is 0 Å². The van der Waals surface area contributed by atoms with Crippen LogP contribution in [0.2, 0.25) is 5.02 Å². The second-order valence-corrected chi connectivity index (χ2v) is 7.30. The predicted molar refractivity (Wildman–Crippen MR) is 111 cm³/mol. The van der Waals surface area contributed by atoms with E-state index in [0.29, 0.717) is 16.3 Å². The first kappa shape index (κ1) is 20.4. The number of hydrogen-bond donors (Lipinski definition) is 1. The summed E-state index contributed by atoms with van der Waals surface area (Å²) in [4.78, 5) is 37.6. The van der Waals surface area contributed by atoms with Crippen LogP contribution in [-0.2, 0) is 16.1 Å². The Morgan fingerprint density at radius 3 is 2.52 bits per heavy atom. The van der Waals surface area contributed by atoms with Crippen molar-refractivity contribution in [2.75, 3.05) is 0 Å². The molecule has 0 spiro atoms. The van der Waals surface area contributed by atoms with Crippen LogP contribution in [0.3, 0.4) is 0 Å². The summed E-state index contributed by atoms with van der Waals surface area (Å²) < 4.78 is 5.32. The number of Topliss-reactive ketones (excluding diaryl/α,β-unsaturated/α-hetero) is 1. The quantitative estimate of drug-likeness (QED) is 0.207. The SMILES string of the molecule is O=C1C(=O)N(Cc2ccco2)C(c2ccc(Cl)cc2)C1=C(O)c1cccc([N+](=O)[O-])c1. The van der Waals surface area contributed by atoms with Crippen LogP contribution in [0.4, 0.5) is 5.69 Å². The number of carbonyl (C=O) groups is 2. The average Bonchev–Trinajstić information content (AvgIpc) is 3.36. The zero-order valence-corrected chi connectivity index (χ0v) is 16.7. The molecule has 9 heteroatoms. The van der Waals surface area contributed by atoms with Crippen molar-refractivity contribution in [1.29, 1.82) is 0 Å². The topological polar surface area (TPSA) is 114 Å². The third-order valence-corrected chi connectivity index (χ3v) is 5.21. The fraction of sp³-hybridized carbons (Fsp3) is 0.0909. The summed E-state index contributed by atoms with van der Waals surface area (Å²) in [7, 11) is 0. The van der Waals surface area contributed by atoms with Crippen LogP contribution in [0.15, 0.2) is 76.9 Å². The number of nitro benzene ring substituents is 1. The zero-order valence-electron chi connectivity index (χ0n) is 15.9. The first-order chi connectivity index (χ1) is 14.9. The number of benzene rings is 2. The van der Waals surface area contributed by atoms with Gasteiger partial charge in [0.15, 0.2) is 0 Å². The summed E-state index contributed by atoms with van der Waals surface area (Å²) in [6.45, 7) is -0.00339. The van der Waals surface area contributed by atoms with E-state index in [0.717, 1.165) is 6.07 Å². The minimum absolute atomic E-state index is 0.00339. The zero-order chi connectivity index (χ0) is 22.1. The van der Waals surface area contributed by atoms with Gasteiger partial charge in [0.2, 0.25) is 0 Å². The molecule has 2 aromatic carbocycles. The number of non-ortho nitro benzene ring substituents is 1. The van der Waals surface area contributed by atoms with E-state index >= 15 is 0 Å². The smallest absolute Gasteiger partial charge is 0.296 e. The van der Waals surface area contributed by atoms with E-state index < -0.39 is 28.4 Å². The molecule has 1 aliphatic rings. The molecule has 1 saturated heterocycles. The van der Waals surface area contributed by atoms with Crippen molar-refractivity contribution in [3.63, 3.8) is 0 Å². The third-order valence-electron chi connectivity index (χ3n) is 4.96. The predicted octanol–water partition coefficient (Wildman–Crippen LogP) is 4.46. The van der Waals surface area contributed by atoms with Gasteiger partial charge < -0.3 is 14.4 Å². The van der Waals surface area contributed by atoms with Gasteiger partial charge in [-0.1, -0.05) is 35.9 Å². The fourth-order valence-corrected chi connectivity index (χ4v) is 3.65. The molecule has 1 fully saturated rings. The lowest BCUT2D eigenvalue weighted by Gasteiger charge is -2.24. The second-order valence-electron chi connectivity index (χ2n) is 6.87. The van der Waals surface area contributed by atoms with E-state index in [2.05, 4.69) is 0 Å². The van der Waals surface area contributed by atoms with E-state index in [-0.39, 0.29) is 23.4 Å². The van der Waals surface area contributed by atoms with Gasteiger partial charge in [-0.3, -0.25) is 19.7 Å². The van der Waals surface area contributed by atoms with Crippen molar-refractivity contribution >= 4 is 34.7 Å². The number of likely N-dealkylation sites (tertiary alicyclic amines) is 1. The van der Waals surface area contributed by atoms with Crippen molar-refractivity contribution in [2.45, 2.75) is 12.6 Å². The van der Waals surface area contributed by atoms with Gasteiger partial charge in [-0.05, 0) is 29.8 Å². The molecular weight excluding hydrogens is 424 g/mol. The van der Waals surface area contributed by atoms with Crippen molar-refractivity contribution in [3.8, 4) is 0 Å². The number of ketones is 1. The lowest BCUT2D eigenvalue weighted by molar-refractivity contribution is -0.384. The lowest BCUT2D eigenvalue weighted by Crippen LogP contribution is -2.29. The molecule has 8 nitrogen and oxygen atoms in total. The molecule has 0 aliphatic carbocycles. The molecule has 0 radical (unpaired) electrons. The molecule has 3 aromatic rings. The first-order valence-electron chi connectivity index (χ1n) is 9.18. The highest BCUT2D eigenvalue weighted by atomic mass is 35.5. The summed E-state index contributed by atoms with van der Waals surface area (Å²) in [5.41, 5.74) is 0.183. The molecule has 1 unspecified atom stereocenters. The highest BCUT2D eigenvalue weighted by molar-refractivity contribution is 6.46. The van der Waals surface area contributed by atoms with Crippen molar-refractivity contribution in [3.05, 3.63) is 105 Å². The normalized spacial score (nSPS) is 17.8. The molecule has 4 rings (SSSR count). The summed E-state index contributed by atoms with van der Waals surface area (Å²) in [5, 5.41) is 22.5. The average molecular weight is 439 g/mol. The Labute approximate surface area is 181 Å². The van der Waals surface area contributed by atoms with Crippen molar-refractivity contribution in [1.82, 2.24) is 4.90 Å². The number of carbonyl (C=O) groups excluding carboxylic acids is 2. The van der Waals surface area contributed by atoms with Crippen LogP contribution in [0.1, 0.15) is 22.9 Å². The van der Waals surface area contributed by atoms with Gasteiger partial charge in [0.25, 0.3) is 17.4 Å². The third kappa shape index (κ3) is 3.80. The standard InChI is InChI=1S/C22H15ClN2O6/c23-15-8-6-13(7-9-15)19-18(20(26)14-3-1-4-16(11-14)25(29)30)21(27)22(28)24(19)12-17-5-2-10-31-17/h1-11,19,26H,12H2. The van der Waals surface area contributed by atoms with Gasteiger partial charge in [-0.15, -0.1) is 0 Å². The van der Waals surface area contributed by atoms with E-state index in [4.69, 9.17) is 16.0 Å². The van der Waals surface area contributed by atoms with Crippen LogP contribution in [0, 0.1) is 10.1 Å². The number of hydrogen-bond acceptors (Lipinski definition) is 6. The number of aliphatic hydroxyl groups excluding tert-OH is 1. The van der Waals surface area contributed by atoms with Crippen LogP contribution in [-0.4, -0.2) is 26.6 Å². The molecular formula is C22H15ClN2O6. The maximum absolute atomic E-state index is 12.9. The van der Waals surface area contributed by atoms with Crippen molar-refractivity contribution < 1.29 is 24.0 Å². The Morgan fingerprint density at radius 2 is 1.87 bits per heavy atom. The summed E-state index contributed by atoms with van der Waals surface area (Å²) in [6, 6.07) is 14.1. The molecule has 2 heterocycles. The first-order valence-corrected chi connectivity index (χ1v) is 9.55. The largest absolute Gasteiger partial charge is 0.507 e. The van der Waals surface area contributed by atoms with E-state index in [1.165, 1.54) is 29.4 Å². The Bertz CT molecular complexity index is 1200. The minimum Gasteiger partial charge on any atom is -0.507 e. The van der Waals surface area contributed by atoms with E-state index in [1.54, 1.807) is 36.4 Å². The van der Waals surface area contributed by atoms with E-state index in [9.17, 15) is 24.8 Å². The summed E-state index contributed by atoms with van der Waals surface area (Å²) in [5.74, 6) is -1.75. The molecule has 1 amide bonds. The second kappa shape index (κ2) is 8.08. The molecule has 156 valence electrons. The summed E-state index contributed by atoms with van der Waals surface area (Å²) >= 11 is 5.98. The minimum atomic E-state index is -0.929. The maximum Gasteiger partial charge on any atom is 0.296 e. The van der Waals surface area contributed by atoms with E-state index in [1.807, 2.05) is 0 Å². The number of halogens is 1. The summed E-state index contributed by atoms with van der Waals surface area (Å²) in [6.07, 6.45) is 1.45. The Morgan fingerprint density at radius 1 is 1.13 bits per heavy atom. The number of nitrogens with zero attached hydrogens (tertiary/aromatic N) is 2. The van der Waals surface area contributed by atoms with Crippen LogP contribution in [0.25, 0.3) is 5.76 Å². The Kier molecular flexibility index (Phi) is 5.31. The van der Waals surface area contributed by atoms with Gasteiger partial charge in [0, 0.05) is 22.7 Å². The van der Waals surface area contributed by atoms with Gasteiger partial charge in [-0.25, -0.2) is 0 Å².